The fourth-order valence-electron chi connectivity index (χ4n) is 2.45. The Kier molecular flexibility index (Phi) is 5.00. The first kappa shape index (κ1) is 17.4. The van der Waals surface area contributed by atoms with Gasteiger partial charge >= 0.3 is 0 Å². The van der Waals surface area contributed by atoms with E-state index in [4.69, 9.17) is 18.9 Å². The Hall–Kier alpha value is -2.45. The van der Waals surface area contributed by atoms with Crippen LogP contribution in [-0.2, 0) is 16.6 Å². The number of rotatable bonds is 6. The lowest BCUT2D eigenvalue weighted by Crippen LogP contribution is -2.24. The van der Waals surface area contributed by atoms with E-state index in [1.807, 2.05) is 0 Å². The van der Waals surface area contributed by atoms with E-state index < -0.39 is 10.0 Å². The van der Waals surface area contributed by atoms with E-state index in [9.17, 15) is 8.42 Å². The topological polar surface area (TPSA) is 83.1 Å². The van der Waals surface area contributed by atoms with Crippen LogP contribution in [0.3, 0.4) is 0 Å². The average molecular weight is 365 g/mol. The van der Waals surface area contributed by atoms with Gasteiger partial charge in [-0.1, -0.05) is 6.07 Å². The van der Waals surface area contributed by atoms with Gasteiger partial charge in [-0.25, -0.2) is 13.1 Å². The van der Waals surface area contributed by atoms with E-state index in [1.54, 1.807) is 30.3 Å². The van der Waals surface area contributed by atoms with E-state index in [0.717, 1.165) is 5.56 Å². The van der Waals surface area contributed by atoms with Crippen molar-refractivity contribution in [2.75, 3.05) is 27.4 Å². The van der Waals surface area contributed by atoms with E-state index in [2.05, 4.69) is 4.72 Å². The number of benzene rings is 2. The molecule has 0 unspecified atom stereocenters. The fourth-order valence-corrected chi connectivity index (χ4v) is 3.65. The summed E-state index contributed by atoms with van der Waals surface area (Å²) in [4.78, 5) is 0.0203. The second-order valence-electron chi connectivity index (χ2n) is 5.32. The van der Waals surface area contributed by atoms with Crippen LogP contribution in [0.1, 0.15) is 5.56 Å². The molecular weight excluding hydrogens is 346 g/mol. The summed E-state index contributed by atoms with van der Waals surface area (Å²) in [5.41, 5.74) is 0.759. The quantitative estimate of drug-likeness (QED) is 0.843. The van der Waals surface area contributed by atoms with Crippen molar-refractivity contribution < 1.29 is 27.4 Å². The molecule has 2 aromatic carbocycles. The van der Waals surface area contributed by atoms with Gasteiger partial charge in [0.1, 0.15) is 29.6 Å². The number of nitrogens with one attached hydrogen (secondary N) is 1. The Bertz CT molecular complexity index is 865. The molecule has 25 heavy (non-hydrogen) atoms. The number of fused-ring (bicyclic) bond motifs is 1. The first-order chi connectivity index (χ1) is 12.0. The zero-order valence-corrected chi connectivity index (χ0v) is 14.8. The predicted molar refractivity (Wildman–Crippen MR) is 91.0 cm³/mol. The Morgan fingerprint density at radius 2 is 1.76 bits per heavy atom. The molecular formula is C17H19NO6S. The molecule has 0 bridgehead atoms. The van der Waals surface area contributed by atoms with Crippen molar-refractivity contribution in [1.82, 2.24) is 4.72 Å². The molecule has 8 heteroatoms. The van der Waals surface area contributed by atoms with Gasteiger partial charge in [0, 0.05) is 12.6 Å². The summed E-state index contributed by atoms with van der Waals surface area (Å²) in [6, 6.07) is 9.93. The van der Waals surface area contributed by atoms with Crippen LogP contribution in [0.15, 0.2) is 41.3 Å². The third-order valence-corrected chi connectivity index (χ3v) is 5.16. The van der Waals surface area contributed by atoms with Gasteiger partial charge in [0.2, 0.25) is 10.0 Å². The number of ether oxygens (including phenoxy) is 4. The molecule has 2 aromatic rings. The molecule has 0 saturated heterocycles. The lowest BCUT2D eigenvalue weighted by atomic mass is 10.2. The lowest BCUT2D eigenvalue weighted by Gasteiger charge is -2.19. The molecule has 1 N–H and O–H groups in total. The fraction of sp³-hybridized carbons (Fsp3) is 0.294. The van der Waals surface area contributed by atoms with Crippen molar-refractivity contribution >= 4 is 10.0 Å². The maximum absolute atomic E-state index is 12.6. The maximum atomic E-state index is 12.6. The van der Waals surface area contributed by atoms with Crippen molar-refractivity contribution in [3.05, 3.63) is 42.0 Å². The van der Waals surface area contributed by atoms with Gasteiger partial charge in [0.15, 0.2) is 11.5 Å². The van der Waals surface area contributed by atoms with Crippen molar-refractivity contribution in [2.24, 2.45) is 0 Å². The highest BCUT2D eigenvalue weighted by atomic mass is 32.2. The lowest BCUT2D eigenvalue weighted by molar-refractivity contribution is 0.171. The molecule has 0 saturated carbocycles. The molecule has 134 valence electrons. The third-order valence-electron chi connectivity index (χ3n) is 3.73. The first-order valence-electron chi connectivity index (χ1n) is 7.64. The van der Waals surface area contributed by atoms with Crippen LogP contribution in [-0.4, -0.2) is 35.9 Å². The maximum Gasteiger partial charge on any atom is 0.244 e. The van der Waals surface area contributed by atoms with Crippen LogP contribution >= 0.6 is 0 Å². The predicted octanol–water partition coefficient (Wildman–Crippen LogP) is 1.95. The summed E-state index contributed by atoms with van der Waals surface area (Å²) in [6.07, 6.45) is 0. The van der Waals surface area contributed by atoms with E-state index in [-0.39, 0.29) is 17.2 Å². The second-order valence-corrected chi connectivity index (χ2v) is 7.05. The van der Waals surface area contributed by atoms with Crippen LogP contribution in [0.25, 0.3) is 0 Å². The van der Waals surface area contributed by atoms with Crippen molar-refractivity contribution in [1.29, 1.82) is 0 Å². The highest BCUT2D eigenvalue weighted by molar-refractivity contribution is 7.89. The third kappa shape index (κ3) is 3.80. The Morgan fingerprint density at radius 1 is 1.00 bits per heavy atom. The average Bonchev–Trinajstić information content (AvgIpc) is 2.65. The second kappa shape index (κ2) is 7.20. The molecule has 3 rings (SSSR count). The molecule has 1 aliphatic heterocycles. The SMILES string of the molecule is COc1ccc(OC)c(S(=O)(=O)NCc2ccc3c(c2)OCCO3)c1. The van der Waals surface area contributed by atoms with Crippen molar-refractivity contribution in [3.8, 4) is 23.0 Å². The van der Waals surface area contributed by atoms with Gasteiger partial charge < -0.3 is 18.9 Å². The van der Waals surface area contributed by atoms with Crippen molar-refractivity contribution in [3.63, 3.8) is 0 Å². The molecule has 0 aliphatic carbocycles. The standard InChI is InChI=1S/C17H19NO6S/c1-21-13-4-6-15(22-2)17(10-13)25(19,20)18-11-12-3-5-14-16(9-12)24-8-7-23-14/h3-6,9-10,18H,7-8,11H2,1-2H3. The highest BCUT2D eigenvalue weighted by Gasteiger charge is 2.21. The molecule has 0 aromatic heterocycles. The number of methoxy groups -OCH3 is 2. The number of hydrogen-bond acceptors (Lipinski definition) is 6. The Morgan fingerprint density at radius 3 is 2.48 bits per heavy atom. The molecule has 1 heterocycles. The minimum atomic E-state index is -3.78. The zero-order chi connectivity index (χ0) is 17.9. The Labute approximate surface area is 146 Å². The molecule has 0 atom stereocenters. The van der Waals surface area contributed by atoms with Gasteiger partial charge in [-0.3, -0.25) is 0 Å². The summed E-state index contributed by atoms with van der Waals surface area (Å²) in [7, 11) is -0.891. The molecule has 0 spiro atoms. The summed E-state index contributed by atoms with van der Waals surface area (Å²) >= 11 is 0. The molecule has 1 aliphatic rings. The Balaban J connectivity index is 1.80. The summed E-state index contributed by atoms with van der Waals surface area (Å²) in [5.74, 6) is 1.95. The molecule has 7 nitrogen and oxygen atoms in total. The first-order valence-corrected chi connectivity index (χ1v) is 9.12. The highest BCUT2D eigenvalue weighted by Crippen LogP contribution is 2.31. The minimum Gasteiger partial charge on any atom is -0.497 e. The monoisotopic (exact) mass is 365 g/mol. The van der Waals surface area contributed by atoms with Gasteiger partial charge in [0.25, 0.3) is 0 Å². The molecule has 0 amide bonds. The van der Waals surface area contributed by atoms with Gasteiger partial charge in [-0.05, 0) is 29.8 Å². The van der Waals surface area contributed by atoms with E-state index in [1.165, 1.54) is 20.3 Å². The zero-order valence-electron chi connectivity index (χ0n) is 13.9. The molecule has 0 fully saturated rings. The van der Waals surface area contributed by atoms with Crippen molar-refractivity contribution in [2.45, 2.75) is 11.4 Å². The normalized spacial score (nSPS) is 13.4. The van der Waals surface area contributed by atoms with Crippen LogP contribution in [0.2, 0.25) is 0 Å². The van der Waals surface area contributed by atoms with Crippen LogP contribution in [0, 0.1) is 0 Å². The van der Waals surface area contributed by atoms with E-state index >= 15 is 0 Å². The van der Waals surface area contributed by atoms with E-state index in [0.29, 0.717) is 30.5 Å². The van der Waals surface area contributed by atoms with Crippen LogP contribution in [0.4, 0.5) is 0 Å². The van der Waals surface area contributed by atoms with Crippen LogP contribution in [0.5, 0.6) is 23.0 Å². The van der Waals surface area contributed by atoms with Gasteiger partial charge in [0.05, 0.1) is 14.2 Å². The summed E-state index contributed by atoms with van der Waals surface area (Å²) < 4.78 is 49.1. The summed E-state index contributed by atoms with van der Waals surface area (Å²) in [6.45, 7) is 1.09. The minimum absolute atomic E-state index is 0.0203. The molecule has 0 radical (unpaired) electrons. The smallest absolute Gasteiger partial charge is 0.244 e. The summed E-state index contributed by atoms with van der Waals surface area (Å²) in [5, 5.41) is 0. The largest absolute Gasteiger partial charge is 0.497 e. The van der Waals surface area contributed by atoms with Crippen LogP contribution < -0.4 is 23.7 Å². The number of sulfonamides is 1. The number of hydrogen-bond donors (Lipinski definition) is 1. The van der Waals surface area contributed by atoms with Gasteiger partial charge in [-0.2, -0.15) is 0 Å². The van der Waals surface area contributed by atoms with Gasteiger partial charge in [-0.15, -0.1) is 0 Å².